The Morgan fingerprint density at radius 2 is 1.76 bits per heavy atom. The largest absolute Gasteiger partial charge is 0.493 e. The van der Waals surface area contributed by atoms with Crippen LogP contribution in [-0.2, 0) is 19.5 Å². The van der Waals surface area contributed by atoms with Crippen LogP contribution in [0.15, 0.2) is 59.4 Å². The maximum absolute atomic E-state index is 12.7. The van der Waals surface area contributed by atoms with Crippen LogP contribution < -0.4 is 10.3 Å². The fourth-order valence-corrected chi connectivity index (χ4v) is 5.77. The minimum atomic E-state index is -0.0485. The highest BCUT2D eigenvalue weighted by Gasteiger charge is 2.20. The van der Waals surface area contributed by atoms with E-state index < -0.39 is 0 Å². The molecule has 1 N–H and O–H groups in total. The second kappa shape index (κ2) is 8.74. The number of rotatable bonds is 5. The van der Waals surface area contributed by atoms with Gasteiger partial charge in [0, 0.05) is 44.0 Å². The number of ether oxygens (including phenoxy) is 1. The van der Waals surface area contributed by atoms with Gasteiger partial charge in [-0.1, -0.05) is 42.5 Å². The summed E-state index contributed by atoms with van der Waals surface area (Å²) in [5, 5.41) is 0.673. The SMILES string of the molecule is O=c1[nH]c(CN2CCN(Cc3ccc4c(c3)CCO4)CC2)nc2sc(-c3ccccc3)cc12. The molecule has 0 amide bonds. The summed E-state index contributed by atoms with van der Waals surface area (Å²) in [5.74, 6) is 1.80. The van der Waals surface area contributed by atoms with Gasteiger partial charge in [0.05, 0.1) is 18.5 Å². The van der Waals surface area contributed by atoms with Crippen LogP contribution in [0.4, 0.5) is 0 Å². The van der Waals surface area contributed by atoms with Crippen molar-refractivity contribution in [2.45, 2.75) is 19.5 Å². The topological polar surface area (TPSA) is 61.5 Å². The quantitative estimate of drug-likeness (QED) is 0.491. The Morgan fingerprint density at radius 1 is 0.970 bits per heavy atom. The normalized spacial score (nSPS) is 16.7. The van der Waals surface area contributed by atoms with Crippen molar-refractivity contribution in [3.8, 4) is 16.2 Å². The monoisotopic (exact) mass is 458 g/mol. The number of aromatic nitrogens is 2. The summed E-state index contributed by atoms with van der Waals surface area (Å²) < 4.78 is 5.62. The van der Waals surface area contributed by atoms with Gasteiger partial charge in [-0.2, -0.15) is 0 Å². The lowest BCUT2D eigenvalue weighted by Gasteiger charge is -2.34. The van der Waals surface area contributed by atoms with Gasteiger partial charge in [-0.25, -0.2) is 4.98 Å². The van der Waals surface area contributed by atoms with E-state index in [0.29, 0.717) is 11.9 Å². The number of hydrogen-bond acceptors (Lipinski definition) is 6. The maximum Gasteiger partial charge on any atom is 0.259 e. The van der Waals surface area contributed by atoms with E-state index in [1.54, 1.807) is 11.3 Å². The molecule has 0 bridgehead atoms. The van der Waals surface area contributed by atoms with Gasteiger partial charge in [-0.15, -0.1) is 11.3 Å². The molecule has 2 aliphatic rings. The van der Waals surface area contributed by atoms with Crippen LogP contribution in [0.25, 0.3) is 20.7 Å². The van der Waals surface area contributed by atoms with E-state index in [9.17, 15) is 4.79 Å². The van der Waals surface area contributed by atoms with E-state index in [0.717, 1.165) is 72.6 Å². The number of thiophene rings is 1. The van der Waals surface area contributed by atoms with Gasteiger partial charge < -0.3 is 9.72 Å². The third-order valence-corrected chi connectivity index (χ3v) is 7.59. The van der Waals surface area contributed by atoms with Gasteiger partial charge in [0.25, 0.3) is 5.56 Å². The standard InChI is InChI=1S/C26H26N4O2S/c31-25-21-15-23(19-4-2-1-3-5-19)33-26(21)28-24(27-25)17-30-11-9-29(10-12-30)16-18-6-7-22-20(14-18)8-13-32-22/h1-7,14-15H,8-13,16-17H2,(H,27,28,31). The molecule has 7 heteroatoms. The zero-order valence-corrected chi connectivity index (χ0v) is 19.2. The Labute approximate surface area is 196 Å². The number of H-pyrrole nitrogens is 1. The predicted octanol–water partition coefficient (Wildman–Crippen LogP) is 3.90. The lowest BCUT2D eigenvalue weighted by molar-refractivity contribution is 0.120. The molecule has 2 aromatic carbocycles. The Hall–Kier alpha value is -3.00. The molecular weight excluding hydrogens is 432 g/mol. The van der Waals surface area contributed by atoms with Crippen molar-refractivity contribution in [2.75, 3.05) is 32.8 Å². The van der Waals surface area contributed by atoms with E-state index in [1.165, 1.54) is 11.1 Å². The van der Waals surface area contributed by atoms with E-state index >= 15 is 0 Å². The molecule has 1 fully saturated rings. The summed E-state index contributed by atoms with van der Waals surface area (Å²) >= 11 is 1.58. The fraction of sp³-hybridized carbons (Fsp3) is 0.308. The number of aromatic amines is 1. The number of benzene rings is 2. The third-order valence-electron chi connectivity index (χ3n) is 6.51. The molecule has 0 radical (unpaired) electrons. The van der Waals surface area contributed by atoms with Crippen LogP contribution in [0.2, 0.25) is 0 Å². The minimum Gasteiger partial charge on any atom is -0.493 e. The second-order valence-electron chi connectivity index (χ2n) is 8.80. The molecule has 4 heterocycles. The van der Waals surface area contributed by atoms with Gasteiger partial charge in [-0.05, 0) is 28.8 Å². The third kappa shape index (κ3) is 4.31. The maximum atomic E-state index is 12.7. The summed E-state index contributed by atoms with van der Waals surface area (Å²) in [6, 6.07) is 18.7. The summed E-state index contributed by atoms with van der Waals surface area (Å²) in [4.78, 5) is 27.3. The van der Waals surface area contributed by atoms with Crippen LogP contribution in [0, 0.1) is 0 Å². The first-order valence-electron chi connectivity index (χ1n) is 11.5. The first-order valence-corrected chi connectivity index (χ1v) is 12.3. The summed E-state index contributed by atoms with van der Waals surface area (Å²) in [7, 11) is 0. The van der Waals surface area contributed by atoms with Crippen molar-refractivity contribution in [1.29, 1.82) is 0 Å². The van der Waals surface area contributed by atoms with Crippen molar-refractivity contribution >= 4 is 21.6 Å². The number of piperazine rings is 1. The number of nitrogens with one attached hydrogen (secondary N) is 1. The molecule has 0 unspecified atom stereocenters. The number of fused-ring (bicyclic) bond motifs is 2. The van der Waals surface area contributed by atoms with Gasteiger partial charge in [0.15, 0.2) is 0 Å². The van der Waals surface area contributed by atoms with Crippen molar-refractivity contribution < 1.29 is 4.74 Å². The average molecular weight is 459 g/mol. The lowest BCUT2D eigenvalue weighted by Crippen LogP contribution is -2.45. The Morgan fingerprint density at radius 3 is 2.58 bits per heavy atom. The van der Waals surface area contributed by atoms with Crippen molar-refractivity contribution in [3.05, 3.63) is 81.9 Å². The van der Waals surface area contributed by atoms with Gasteiger partial charge in [0.1, 0.15) is 16.4 Å². The fourth-order valence-electron chi connectivity index (χ4n) is 4.71. The minimum absolute atomic E-state index is 0.0485. The smallest absolute Gasteiger partial charge is 0.259 e. The van der Waals surface area contributed by atoms with E-state index in [-0.39, 0.29) is 5.56 Å². The highest BCUT2D eigenvalue weighted by atomic mass is 32.1. The molecule has 6 nitrogen and oxygen atoms in total. The lowest BCUT2D eigenvalue weighted by atomic mass is 10.1. The van der Waals surface area contributed by atoms with Gasteiger partial charge >= 0.3 is 0 Å². The molecule has 2 aliphatic heterocycles. The molecule has 6 rings (SSSR count). The van der Waals surface area contributed by atoms with Crippen molar-refractivity contribution in [1.82, 2.24) is 19.8 Å². The van der Waals surface area contributed by atoms with Crippen molar-refractivity contribution in [2.24, 2.45) is 0 Å². The molecule has 1 saturated heterocycles. The molecule has 0 aliphatic carbocycles. The van der Waals surface area contributed by atoms with Crippen LogP contribution in [0.5, 0.6) is 5.75 Å². The molecule has 0 spiro atoms. The van der Waals surface area contributed by atoms with E-state index in [2.05, 4.69) is 45.1 Å². The van der Waals surface area contributed by atoms with Crippen LogP contribution in [0.3, 0.4) is 0 Å². The second-order valence-corrected chi connectivity index (χ2v) is 9.83. The highest BCUT2D eigenvalue weighted by Crippen LogP contribution is 2.31. The predicted molar refractivity (Wildman–Crippen MR) is 132 cm³/mol. The molecule has 2 aromatic heterocycles. The van der Waals surface area contributed by atoms with Crippen molar-refractivity contribution in [3.63, 3.8) is 0 Å². The Balaban J connectivity index is 1.10. The van der Waals surface area contributed by atoms with E-state index in [4.69, 9.17) is 9.72 Å². The highest BCUT2D eigenvalue weighted by molar-refractivity contribution is 7.21. The number of nitrogens with zero attached hydrogens (tertiary/aromatic N) is 3. The Kier molecular flexibility index (Phi) is 5.46. The Bertz CT molecular complexity index is 1340. The molecule has 0 saturated carbocycles. The molecule has 168 valence electrons. The first-order chi connectivity index (χ1) is 16.2. The van der Waals surface area contributed by atoms with Gasteiger partial charge in [-0.3, -0.25) is 14.6 Å². The van der Waals surface area contributed by atoms with Crippen LogP contribution >= 0.6 is 11.3 Å². The van der Waals surface area contributed by atoms with Crippen LogP contribution in [0.1, 0.15) is 17.0 Å². The molecule has 0 atom stereocenters. The van der Waals surface area contributed by atoms with Gasteiger partial charge in [0.2, 0.25) is 0 Å². The van der Waals surface area contributed by atoms with E-state index in [1.807, 2.05) is 24.3 Å². The zero-order valence-electron chi connectivity index (χ0n) is 18.4. The molecule has 4 aromatic rings. The average Bonchev–Trinajstić information content (AvgIpc) is 3.48. The summed E-state index contributed by atoms with van der Waals surface area (Å²) in [6.07, 6.45) is 1.02. The van der Waals surface area contributed by atoms with Crippen LogP contribution in [-0.4, -0.2) is 52.6 Å². The first kappa shape index (κ1) is 20.6. The zero-order chi connectivity index (χ0) is 22.2. The summed E-state index contributed by atoms with van der Waals surface area (Å²) in [5.41, 5.74) is 3.76. The molecule has 33 heavy (non-hydrogen) atoms. The summed E-state index contributed by atoms with van der Waals surface area (Å²) in [6.45, 7) is 6.41. The number of hydrogen-bond donors (Lipinski definition) is 1. The molecular formula is C26H26N4O2S.